The fourth-order valence-electron chi connectivity index (χ4n) is 2.47. The lowest BCUT2D eigenvalue weighted by Gasteiger charge is -2.36. The Bertz CT molecular complexity index is 165. The smallest absolute Gasteiger partial charge is 0.0846 e. The SMILES string of the molecule is CCC1CCCCC1N(C)C=NC. The monoisotopic (exact) mass is 182 g/mol. The van der Waals surface area contributed by atoms with Crippen LogP contribution in [-0.4, -0.2) is 31.4 Å². The lowest BCUT2D eigenvalue weighted by Crippen LogP contribution is -2.39. The van der Waals surface area contributed by atoms with Crippen molar-refractivity contribution in [3.05, 3.63) is 0 Å². The molecule has 0 aromatic carbocycles. The summed E-state index contributed by atoms with van der Waals surface area (Å²) in [6, 6.07) is 0.738. The molecule has 1 aliphatic carbocycles. The Hall–Kier alpha value is -0.530. The highest BCUT2D eigenvalue weighted by Gasteiger charge is 2.25. The fraction of sp³-hybridized carbons (Fsp3) is 0.909. The highest BCUT2D eigenvalue weighted by atomic mass is 15.2. The molecule has 0 bridgehead atoms. The maximum atomic E-state index is 4.08. The van der Waals surface area contributed by atoms with Crippen molar-refractivity contribution in [1.29, 1.82) is 0 Å². The van der Waals surface area contributed by atoms with Crippen molar-refractivity contribution in [1.82, 2.24) is 4.90 Å². The Morgan fingerprint density at radius 2 is 2.08 bits per heavy atom. The summed E-state index contributed by atoms with van der Waals surface area (Å²) in [6.07, 6.45) is 8.85. The third-order valence-corrected chi connectivity index (χ3v) is 3.21. The molecular formula is C11H22N2. The first-order chi connectivity index (χ1) is 6.29. The van der Waals surface area contributed by atoms with Gasteiger partial charge in [0.05, 0.1) is 6.34 Å². The first-order valence-corrected chi connectivity index (χ1v) is 5.43. The highest BCUT2D eigenvalue weighted by molar-refractivity contribution is 5.54. The molecule has 1 aliphatic rings. The van der Waals surface area contributed by atoms with Gasteiger partial charge in [0.1, 0.15) is 0 Å². The minimum atomic E-state index is 0.738. The molecule has 0 aromatic rings. The predicted octanol–water partition coefficient (Wildman–Crippen LogP) is 2.55. The third-order valence-electron chi connectivity index (χ3n) is 3.21. The molecule has 0 aromatic heterocycles. The molecule has 1 fully saturated rings. The summed E-state index contributed by atoms with van der Waals surface area (Å²) in [5, 5.41) is 0. The third kappa shape index (κ3) is 2.71. The molecule has 2 atom stereocenters. The number of aliphatic imine (C=N–C) groups is 1. The van der Waals surface area contributed by atoms with Crippen molar-refractivity contribution in [3.8, 4) is 0 Å². The summed E-state index contributed by atoms with van der Waals surface area (Å²) >= 11 is 0. The Morgan fingerprint density at radius 3 is 2.69 bits per heavy atom. The average Bonchev–Trinajstić information content (AvgIpc) is 2.18. The highest BCUT2D eigenvalue weighted by Crippen LogP contribution is 2.29. The molecule has 1 saturated carbocycles. The second kappa shape index (κ2) is 5.25. The van der Waals surface area contributed by atoms with Crippen molar-refractivity contribution < 1.29 is 0 Å². The van der Waals surface area contributed by atoms with Crippen LogP contribution in [0.1, 0.15) is 39.0 Å². The Labute approximate surface area is 82.0 Å². The number of rotatable bonds is 3. The number of hydrogen-bond acceptors (Lipinski definition) is 1. The van der Waals surface area contributed by atoms with E-state index in [4.69, 9.17) is 0 Å². The summed E-state index contributed by atoms with van der Waals surface area (Å²) in [6.45, 7) is 2.31. The second-order valence-electron chi connectivity index (χ2n) is 4.06. The van der Waals surface area contributed by atoms with Crippen LogP contribution >= 0.6 is 0 Å². The normalized spacial score (nSPS) is 29.5. The molecule has 2 nitrogen and oxygen atoms in total. The van der Waals surface area contributed by atoms with E-state index in [2.05, 4.69) is 23.9 Å². The molecule has 0 saturated heterocycles. The van der Waals surface area contributed by atoms with Crippen molar-refractivity contribution in [2.75, 3.05) is 14.1 Å². The average molecular weight is 182 g/mol. The molecule has 0 amide bonds. The molecule has 0 N–H and O–H groups in total. The first-order valence-electron chi connectivity index (χ1n) is 5.43. The van der Waals surface area contributed by atoms with Crippen molar-refractivity contribution >= 4 is 6.34 Å². The summed E-state index contributed by atoms with van der Waals surface area (Å²) < 4.78 is 0. The van der Waals surface area contributed by atoms with E-state index in [0.29, 0.717) is 0 Å². The van der Waals surface area contributed by atoms with Crippen LogP contribution in [0.15, 0.2) is 4.99 Å². The van der Waals surface area contributed by atoms with Crippen LogP contribution in [0.25, 0.3) is 0 Å². The van der Waals surface area contributed by atoms with E-state index in [9.17, 15) is 0 Å². The maximum absolute atomic E-state index is 4.08. The quantitative estimate of drug-likeness (QED) is 0.484. The van der Waals surface area contributed by atoms with E-state index < -0.39 is 0 Å². The minimum absolute atomic E-state index is 0.738. The van der Waals surface area contributed by atoms with Crippen LogP contribution in [0.4, 0.5) is 0 Å². The van der Waals surface area contributed by atoms with E-state index >= 15 is 0 Å². The number of nitrogens with zero attached hydrogens (tertiary/aromatic N) is 2. The van der Waals surface area contributed by atoms with Gasteiger partial charge in [-0.2, -0.15) is 0 Å². The summed E-state index contributed by atoms with van der Waals surface area (Å²) in [7, 11) is 4.01. The van der Waals surface area contributed by atoms with Gasteiger partial charge in [0.25, 0.3) is 0 Å². The molecule has 76 valence electrons. The van der Waals surface area contributed by atoms with Gasteiger partial charge < -0.3 is 4.90 Å². The van der Waals surface area contributed by atoms with Crippen LogP contribution in [0.2, 0.25) is 0 Å². The Balaban J connectivity index is 2.52. The van der Waals surface area contributed by atoms with Crippen molar-refractivity contribution in [2.24, 2.45) is 10.9 Å². The maximum Gasteiger partial charge on any atom is 0.0846 e. The molecule has 0 aliphatic heterocycles. The summed E-state index contributed by atoms with van der Waals surface area (Å²) in [5.41, 5.74) is 0. The Kier molecular flexibility index (Phi) is 4.26. The zero-order chi connectivity index (χ0) is 9.68. The first kappa shape index (κ1) is 10.6. The summed E-state index contributed by atoms with van der Waals surface area (Å²) in [4.78, 5) is 6.38. The van der Waals surface area contributed by atoms with Crippen LogP contribution in [0, 0.1) is 5.92 Å². The van der Waals surface area contributed by atoms with Crippen molar-refractivity contribution in [2.45, 2.75) is 45.1 Å². The predicted molar refractivity (Wildman–Crippen MR) is 58.2 cm³/mol. The van der Waals surface area contributed by atoms with Crippen LogP contribution in [0.3, 0.4) is 0 Å². The van der Waals surface area contributed by atoms with Gasteiger partial charge in [0.15, 0.2) is 0 Å². The molecule has 1 rings (SSSR count). The van der Waals surface area contributed by atoms with Gasteiger partial charge in [-0.15, -0.1) is 0 Å². The lowest BCUT2D eigenvalue weighted by atomic mass is 9.82. The number of hydrogen-bond donors (Lipinski definition) is 0. The van der Waals surface area contributed by atoms with Gasteiger partial charge in [-0.3, -0.25) is 4.99 Å². The van der Waals surface area contributed by atoms with Gasteiger partial charge >= 0.3 is 0 Å². The summed E-state index contributed by atoms with van der Waals surface area (Å²) in [5.74, 6) is 0.886. The van der Waals surface area contributed by atoms with E-state index in [-0.39, 0.29) is 0 Å². The molecular weight excluding hydrogens is 160 g/mol. The molecule has 2 heteroatoms. The largest absolute Gasteiger partial charge is 0.363 e. The Morgan fingerprint density at radius 1 is 1.38 bits per heavy atom. The lowest BCUT2D eigenvalue weighted by molar-refractivity contribution is 0.191. The zero-order valence-corrected chi connectivity index (χ0v) is 9.16. The zero-order valence-electron chi connectivity index (χ0n) is 9.16. The van der Waals surface area contributed by atoms with Crippen LogP contribution in [-0.2, 0) is 0 Å². The van der Waals surface area contributed by atoms with Gasteiger partial charge in [0, 0.05) is 20.1 Å². The molecule has 2 unspecified atom stereocenters. The van der Waals surface area contributed by atoms with Gasteiger partial charge in [-0.1, -0.05) is 26.2 Å². The second-order valence-corrected chi connectivity index (χ2v) is 4.06. The van der Waals surface area contributed by atoms with Crippen LogP contribution < -0.4 is 0 Å². The van der Waals surface area contributed by atoms with Crippen molar-refractivity contribution in [3.63, 3.8) is 0 Å². The molecule has 13 heavy (non-hydrogen) atoms. The fourth-order valence-corrected chi connectivity index (χ4v) is 2.47. The standard InChI is InChI=1S/C11H22N2/c1-4-10-7-5-6-8-11(10)13(3)9-12-2/h9-11H,4-8H2,1-3H3. The van der Waals surface area contributed by atoms with Gasteiger partial charge in [-0.05, 0) is 18.8 Å². The van der Waals surface area contributed by atoms with E-state index in [1.54, 1.807) is 0 Å². The topological polar surface area (TPSA) is 15.6 Å². The van der Waals surface area contributed by atoms with Gasteiger partial charge in [-0.25, -0.2) is 0 Å². The molecule has 0 heterocycles. The molecule has 0 radical (unpaired) electrons. The van der Waals surface area contributed by atoms with Gasteiger partial charge in [0.2, 0.25) is 0 Å². The minimum Gasteiger partial charge on any atom is -0.363 e. The van der Waals surface area contributed by atoms with Crippen LogP contribution in [0.5, 0.6) is 0 Å². The molecule has 0 spiro atoms. The van der Waals surface area contributed by atoms with E-state index in [0.717, 1.165) is 12.0 Å². The van der Waals surface area contributed by atoms with E-state index in [1.165, 1.54) is 32.1 Å². The van der Waals surface area contributed by atoms with E-state index in [1.807, 2.05) is 13.4 Å².